The SMILES string of the molecule is O=C(O)CC/C=C\CC1(CCNS(=O)(=O)c2cccc3ccccc23)CCCC1.[NaH]. The van der Waals surface area contributed by atoms with Crippen molar-refractivity contribution in [3.8, 4) is 0 Å². The first-order valence-electron chi connectivity index (χ1n) is 10.3. The third kappa shape index (κ3) is 6.66. The van der Waals surface area contributed by atoms with Gasteiger partial charge in [-0.15, -0.1) is 0 Å². The number of aliphatic carboxylic acids is 1. The third-order valence-electron chi connectivity index (χ3n) is 5.89. The summed E-state index contributed by atoms with van der Waals surface area (Å²) < 4.78 is 28.6. The molecule has 158 valence electrons. The van der Waals surface area contributed by atoms with Gasteiger partial charge in [-0.25, -0.2) is 13.1 Å². The number of rotatable bonds is 10. The van der Waals surface area contributed by atoms with E-state index in [0.29, 0.717) is 17.9 Å². The van der Waals surface area contributed by atoms with E-state index in [4.69, 9.17) is 5.11 Å². The van der Waals surface area contributed by atoms with Gasteiger partial charge >= 0.3 is 35.5 Å². The molecule has 1 fully saturated rings. The molecule has 0 spiro atoms. The number of carboxylic acids is 1. The molecular formula is C23H30NNaO4S. The van der Waals surface area contributed by atoms with Crippen LogP contribution < -0.4 is 4.72 Å². The van der Waals surface area contributed by atoms with Crippen molar-refractivity contribution >= 4 is 56.3 Å². The van der Waals surface area contributed by atoms with E-state index in [-0.39, 0.29) is 41.4 Å². The molecule has 0 heterocycles. The van der Waals surface area contributed by atoms with Crippen LogP contribution in [0.15, 0.2) is 59.5 Å². The number of allylic oxidation sites excluding steroid dienone is 2. The van der Waals surface area contributed by atoms with E-state index in [1.165, 1.54) is 12.8 Å². The Morgan fingerprint density at radius 2 is 1.77 bits per heavy atom. The molecule has 1 aliphatic rings. The summed E-state index contributed by atoms with van der Waals surface area (Å²) in [6.45, 7) is 0.411. The maximum absolute atomic E-state index is 12.9. The van der Waals surface area contributed by atoms with Gasteiger partial charge in [-0.2, -0.15) is 0 Å². The van der Waals surface area contributed by atoms with Crippen LogP contribution in [0.1, 0.15) is 51.4 Å². The second-order valence-electron chi connectivity index (χ2n) is 7.94. The van der Waals surface area contributed by atoms with Crippen LogP contribution in [0.2, 0.25) is 0 Å². The second-order valence-corrected chi connectivity index (χ2v) is 9.68. The van der Waals surface area contributed by atoms with Gasteiger partial charge in [-0.1, -0.05) is 61.4 Å². The molecule has 5 nitrogen and oxygen atoms in total. The van der Waals surface area contributed by atoms with Crippen molar-refractivity contribution in [2.45, 2.75) is 56.3 Å². The van der Waals surface area contributed by atoms with Gasteiger partial charge in [0.2, 0.25) is 10.0 Å². The Kier molecular flexibility index (Phi) is 9.57. The molecule has 2 N–H and O–H groups in total. The number of fused-ring (bicyclic) bond motifs is 1. The zero-order chi connectivity index (χ0) is 20.7. The summed E-state index contributed by atoms with van der Waals surface area (Å²) >= 11 is 0. The molecule has 0 unspecified atom stereocenters. The van der Waals surface area contributed by atoms with Crippen molar-refractivity contribution in [2.24, 2.45) is 5.41 Å². The Labute approximate surface area is 201 Å². The summed E-state index contributed by atoms with van der Waals surface area (Å²) in [5, 5.41) is 10.4. The number of hydrogen-bond donors (Lipinski definition) is 2. The Morgan fingerprint density at radius 3 is 2.50 bits per heavy atom. The number of carboxylic acid groups (broad SMARTS) is 1. The van der Waals surface area contributed by atoms with Crippen LogP contribution in [-0.2, 0) is 14.8 Å². The Bertz CT molecular complexity index is 976. The molecule has 0 bridgehead atoms. The third-order valence-corrected chi connectivity index (χ3v) is 7.41. The van der Waals surface area contributed by atoms with Crippen molar-refractivity contribution < 1.29 is 18.3 Å². The topological polar surface area (TPSA) is 83.5 Å². The van der Waals surface area contributed by atoms with Gasteiger partial charge in [0.25, 0.3) is 0 Å². The molecule has 7 heteroatoms. The molecule has 0 atom stereocenters. The van der Waals surface area contributed by atoms with Crippen LogP contribution >= 0.6 is 0 Å². The summed E-state index contributed by atoms with van der Waals surface area (Å²) in [6, 6.07) is 12.9. The summed E-state index contributed by atoms with van der Waals surface area (Å²) in [7, 11) is -3.58. The minimum absolute atomic E-state index is 0. The predicted molar refractivity (Wildman–Crippen MR) is 122 cm³/mol. The summed E-state index contributed by atoms with van der Waals surface area (Å²) in [5.41, 5.74) is 0.112. The molecule has 30 heavy (non-hydrogen) atoms. The van der Waals surface area contributed by atoms with E-state index in [9.17, 15) is 13.2 Å². The van der Waals surface area contributed by atoms with E-state index in [0.717, 1.165) is 36.5 Å². The molecule has 0 radical (unpaired) electrons. The molecule has 2 aromatic carbocycles. The average molecular weight is 440 g/mol. The quantitative estimate of drug-likeness (QED) is 0.429. The minimum atomic E-state index is -3.58. The molecule has 1 saturated carbocycles. The number of carbonyl (C=O) groups is 1. The van der Waals surface area contributed by atoms with Crippen molar-refractivity contribution in [2.75, 3.05) is 6.54 Å². The maximum atomic E-state index is 12.9. The zero-order valence-corrected chi connectivity index (χ0v) is 17.5. The summed E-state index contributed by atoms with van der Waals surface area (Å²) in [6.07, 6.45) is 10.9. The Balaban J connectivity index is 0.00000320. The molecule has 0 saturated heterocycles. The Morgan fingerprint density at radius 1 is 1.07 bits per heavy atom. The Hall–Kier alpha value is -1.18. The molecule has 3 rings (SSSR count). The first kappa shape index (κ1) is 25.1. The van der Waals surface area contributed by atoms with E-state index in [1.54, 1.807) is 12.1 Å². The fourth-order valence-corrected chi connectivity index (χ4v) is 5.56. The van der Waals surface area contributed by atoms with Gasteiger partial charge in [0.05, 0.1) is 4.90 Å². The van der Waals surface area contributed by atoms with Crippen LogP contribution in [0.25, 0.3) is 10.8 Å². The normalized spacial score (nSPS) is 16.0. The van der Waals surface area contributed by atoms with Crippen molar-refractivity contribution in [1.82, 2.24) is 4.72 Å². The molecule has 0 aliphatic heterocycles. The monoisotopic (exact) mass is 439 g/mol. The standard InChI is InChI=1S/C23H29NO4S.Na.H/c25-22(26)13-2-1-5-14-23(15-6-7-16-23)17-18-24-29(27,28)21-12-8-10-19-9-3-4-11-20(19)21;;/h1,3-5,8-12,24H,2,6-7,13-18H2,(H,25,26);;/b5-1-;;. The first-order chi connectivity index (χ1) is 13.9. The van der Waals surface area contributed by atoms with Gasteiger partial charge in [0.1, 0.15) is 0 Å². The number of sulfonamides is 1. The number of benzene rings is 2. The fourth-order valence-electron chi connectivity index (χ4n) is 4.30. The van der Waals surface area contributed by atoms with Crippen LogP contribution in [0.4, 0.5) is 0 Å². The number of hydrogen-bond acceptors (Lipinski definition) is 3. The van der Waals surface area contributed by atoms with Gasteiger partial charge < -0.3 is 5.11 Å². The van der Waals surface area contributed by atoms with Crippen LogP contribution in [0.5, 0.6) is 0 Å². The predicted octanol–water partition coefficient (Wildman–Crippen LogP) is 4.23. The molecule has 0 aromatic heterocycles. The summed E-state index contributed by atoms with van der Waals surface area (Å²) in [5.74, 6) is -0.784. The van der Waals surface area contributed by atoms with E-state index < -0.39 is 16.0 Å². The van der Waals surface area contributed by atoms with Gasteiger partial charge in [0, 0.05) is 18.4 Å². The van der Waals surface area contributed by atoms with Crippen molar-refractivity contribution in [1.29, 1.82) is 0 Å². The van der Waals surface area contributed by atoms with Gasteiger partial charge in [-0.05, 0) is 49.0 Å². The van der Waals surface area contributed by atoms with Crippen molar-refractivity contribution in [3.63, 3.8) is 0 Å². The average Bonchev–Trinajstić information content (AvgIpc) is 3.15. The van der Waals surface area contributed by atoms with Gasteiger partial charge in [-0.3, -0.25) is 4.79 Å². The van der Waals surface area contributed by atoms with E-state index in [1.807, 2.05) is 36.4 Å². The first-order valence-corrected chi connectivity index (χ1v) is 11.7. The molecular weight excluding hydrogens is 409 g/mol. The fraction of sp³-hybridized carbons (Fsp3) is 0.435. The van der Waals surface area contributed by atoms with Crippen LogP contribution in [0.3, 0.4) is 0 Å². The second kappa shape index (κ2) is 11.4. The number of nitrogens with one attached hydrogen (secondary N) is 1. The molecule has 2 aromatic rings. The van der Waals surface area contributed by atoms with Crippen LogP contribution in [-0.4, -0.2) is 55.6 Å². The van der Waals surface area contributed by atoms with Crippen molar-refractivity contribution in [3.05, 3.63) is 54.6 Å². The summed E-state index contributed by atoms with van der Waals surface area (Å²) in [4.78, 5) is 10.9. The molecule has 1 aliphatic carbocycles. The van der Waals surface area contributed by atoms with Crippen LogP contribution in [0, 0.1) is 5.41 Å². The van der Waals surface area contributed by atoms with E-state index >= 15 is 0 Å². The van der Waals surface area contributed by atoms with Gasteiger partial charge in [0.15, 0.2) is 0 Å². The molecule has 0 amide bonds. The zero-order valence-electron chi connectivity index (χ0n) is 16.6. The van der Waals surface area contributed by atoms with E-state index in [2.05, 4.69) is 10.8 Å².